The molecule has 2 aromatic heterocycles. The molecule has 3 atom stereocenters. The van der Waals surface area contributed by atoms with Crippen LogP contribution >= 0.6 is 0 Å². The van der Waals surface area contributed by atoms with E-state index in [0.717, 1.165) is 23.4 Å². The van der Waals surface area contributed by atoms with Crippen LogP contribution < -0.4 is 0 Å². The molecule has 2 aliphatic rings. The van der Waals surface area contributed by atoms with Gasteiger partial charge >= 0.3 is 0 Å². The van der Waals surface area contributed by atoms with E-state index in [2.05, 4.69) is 21.2 Å². The first-order chi connectivity index (χ1) is 9.33. The number of H-pyrrole nitrogens is 1. The smallest absolute Gasteiger partial charge is 0.274 e. The molecular weight excluding hydrogens is 240 g/mol. The zero-order valence-corrected chi connectivity index (χ0v) is 10.5. The van der Waals surface area contributed by atoms with Crippen LogP contribution in [0.25, 0.3) is 11.6 Å². The van der Waals surface area contributed by atoms with E-state index >= 15 is 0 Å². The third kappa shape index (κ3) is 1.67. The summed E-state index contributed by atoms with van der Waals surface area (Å²) < 4.78 is 5.33. The van der Waals surface area contributed by atoms with Crippen molar-refractivity contribution in [2.45, 2.75) is 31.6 Å². The zero-order valence-electron chi connectivity index (χ0n) is 10.5. The van der Waals surface area contributed by atoms with Crippen LogP contribution in [0.2, 0.25) is 0 Å². The molecule has 2 aromatic rings. The van der Waals surface area contributed by atoms with Crippen molar-refractivity contribution in [3.63, 3.8) is 0 Å². The van der Waals surface area contributed by atoms with Gasteiger partial charge in [-0.2, -0.15) is 10.2 Å². The summed E-state index contributed by atoms with van der Waals surface area (Å²) in [5.41, 5.74) is 1.23. The Morgan fingerprint density at radius 1 is 1.32 bits per heavy atom. The Bertz CT molecular complexity index is 650. The molecular formula is C14H14N4O. The highest BCUT2D eigenvalue weighted by atomic mass is 16.5. The van der Waals surface area contributed by atoms with Crippen molar-refractivity contribution in [3.8, 4) is 17.7 Å². The normalized spacial score (nSPS) is 28.7. The van der Waals surface area contributed by atoms with Crippen LogP contribution in [0, 0.1) is 23.2 Å². The van der Waals surface area contributed by atoms with E-state index in [1.165, 1.54) is 25.7 Å². The minimum atomic E-state index is 0.474. The molecule has 2 bridgehead atoms. The number of rotatable bonds is 2. The van der Waals surface area contributed by atoms with Gasteiger partial charge in [-0.3, -0.25) is 0 Å². The molecule has 3 unspecified atom stereocenters. The molecule has 2 heterocycles. The van der Waals surface area contributed by atoms with Gasteiger partial charge in [0.15, 0.2) is 5.82 Å². The van der Waals surface area contributed by atoms with E-state index < -0.39 is 0 Å². The lowest BCUT2D eigenvalue weighted by molar-refractivity contribution is 0.372. The van der Waals surface area contributed by atoms with Gasteiger partial charge in [0.2, 0.25) is 0 Å². The molecule has 5 heteroatoms. The van der Waals surface area contributed by atoms with E-state index in [4.69, 9.17) is 9.78 Å². The quantitative estimate of drug-likeness (QED) is 0.893. The minimum Gasteiger partial charge on any atom is -0.342 e. The second-order valence-electron chi connectivity index (χ2n) is 5.64. The lowest BCUT2D eigenvalue weighted by Gasteiger charge is -2.17. The van der Waals surface area contributed by atoms with Gasteiger partial charge in [-0.25, -0.2) is 0 Å². The molecule has 2 fully saturated rings. The highest BCUT2D eigenvalue weighted by Gasteiger charge is 2.42. The fourth-order valence-corrected chi connectivity index (χ4v) is 3.64. The number of nitrogens with zero attached hydrogens (tertiary/aromatic N) is 3. The van der Waals surface area contributed by atoms with Gasteiger partial charge in [0, 0.05) is 5.92 Å². The van der Waals surface area contributed by atoms with Crippen molar-refractivity contribution >= 4 is 0 Å². The van der Waals surface area contributed by atoms with Gasteiger partial charge in [0.25, 0.3) is 5.89 Å². The fraction of sp³-hybridized carbons (Fsp3) is 0.500. The maximum Gasteiger partial charge on any atom is 0.274 e. The minimum absolute atomic E-state index is 0.474. The first kappa shape index (κ1) is 10.8. The summed E-state index contributed by atoms with van der Waals surface area (Å²) in [5.74, 6) is 3.41. The third-order valence-corrected chi connectivity index (χ3v) is 4.55. The molecule has 19 heavy (non-hydrogen) atoms. The van der Waals surface area contributed by atoms with Gasteiger partial charge in [0.1, 0.15) is 17.5 Å². The average Bonchev–Trinajstić information content (AvgIpc) is 3.19. The Hall–Kier alpha value is -2.09. The van der Waals surface area contributed by atoms with Crippen LogP contribution in [0.5, 0.6) is 0 Å². The summed E-state index contributed by atoms with van der Waals surface area (Å²) in [7, 11) is 0. The summed E-state index contributed by atoms with van der Waals surface area (Å²) in [6, 6.07) is 5.58. The summed E-state index contributed by atoms with van der Waals surface area (Å²) in [5, 5.41) is 12.9. The van der Waals surface area contributed by atoms with E-state index in [-0.39, 0.29) is 0 Å². The highest BCUT2D eigenvalue weighted by molar-refractivity contribution is 5.49. The number of aromatic nitrogens is 3. The van der Waals surface area contributed by atoms with Crippen LogP contribution in [-0.2, 0) is 0 Å². The predicted molar refractivity (Wildman–Crippen MR) is 67.0 cm³/mol. The van der Waals surface area contributed by atoms with E-state index in [1.807, 2.05) is 0 Å². The van der Waals surface area contributed by atoms with Crippen molar-refractivity contribution in [2.75, 3.05) is 0 Å². The topological polar surface area (TPSA) is 78.5 Å². The van der Waals surface area contributed by atoms with Crippen LogP contribution in [0.15, 0.2) is 16.7 Å². The molecule has 0 saturated heterocycles. The van der Waals surface area contributed by atoms with E-state index in [0.29, 0.717) is 17.5 Å². The molecule has 5 nitrogen and oxygen atoms in total. The maximum atomic E-state index is 8.80. The predicted octanol–water partition coefficient (Wildman–Crippen LogP) is 2.84. The number of aromatic amines is 1. The molecule has 2 aliphatic carbocycles. The van der Waals surface area contributed by atoms with Crippen molar-refractivity contribution in [3.05, 3.63) is 23.7 Å². The first-order valence-corrected chi connectivity index (χ1v) is 6.76. The van der Waals surface area contributed by atoms with Crippen LogP contribution in [0.4, 0.5) is 0 Å². The van der Waals surface area contributed by atoms with E-state index in [9.17, 15) is 0 Å². The van der Waals surface area contributed by atoms with Gasteiger partial charge < -0.3 is 9.51 Å². The summed E-state index contributed by atoms with van der Waals surface area (Å²) in [6.07, 6.45) is 5.21. The molecule has 0 amide bonds. The van der Waals surface area contributed by atoms with E-state index in [1.54, 1.807) is 12.1 Å². The Morgan fingerprint density at radius 3 is 2.95 bits per heavy atom. The largest absolute Gasteiger partial charge is 0.342 e. The monoisotopic (exact) mass is 254 g/mol. The lowest BCUT2D eigenvalue weighted by Crippen LogP contribution is -2.09. The molecule has 0 radical (unpaired) electrons. The van der Waals surface area contributed by atoms with Crippen LogP contribution in [0.3, 0.4) is 0 Å². The van der Waals surface area contributed by atoms with Crippen molar-refractivity contribution < 1.29 is 4.52 Å². The Kier molecular flexibility index (Phi) is 2.25. The second-order valence-corrected chi connectivity index (χ2v) is 5.64. The Morgan fingerprint density at radius 2 is 2.26 bits per heavy atom. The molecule has 0 aliphatic heterocycles. The van der Waals surface area contributed by atoms with Crippen molar-refractivity contribution in [1.82, 2.24) is 15.1 Å². The fourth-order valence-electron chi connectivity index (χ4n) is 3.64. The molecule has 0 aromatic carbocycles. The molecule has 96 valence electrons. The van der Waals surface area contributed by atoms with Gasteiger partial charge in [-0.1, -0.05) is 11.6 Å². The maximum absolute atomic E-state index is 8.80. The molecule has 2 saturated carbocycles. The third-order valence-electron chi connectivity index (χ3n) is 4.55. The Labute approximate surface area is 110 Å². The lowest BCUT2D eigenvalue weighted by atomic mass is 9.88. The summed E-state index contributed by atoms with van der Waals surface area (Å²) >= 11 is 0. The standard InChI is InChI=1S/C14H14N4O/c15-7-10-3-4-12(16-10)14-17-13(18-19-14)11-6-8-1-2-9(11)5-8/h3-4,8-9,11,16H,1-2,5-6H2. The molecule has 4 rings (SSSR count). The van der Waals surface area contributed by atoms with Gasteiger partial charge in [0.05, 0.1) is 0 Å². The first-order valence-electron chi connectivity index (χ1n) is 6.76. The average molecular weight is 254 g/mol. The van der Waals surface area contributed by atoms with Gasteiger partial charge in [-0.15, -0.1) is 0 Å². The number of fused-ring (bicyclic) bond motifs is 2. The van der Waals surface area contributed by atoms with Crippen molar-refractivity contribution in [2.24, 2.45) is 11.8 Å². The number of hydrogen-bond acceptors (Lipinski definition) is 4. The number of hydrogen-bond donors (Lipinski definition) is 1. The van der Waals surface area contributed by atoms with Gasteiger partial charge in [-0.05, 0) is 43.2 Å². The Balaban J connectivity index is 1.61. The second kappa shape index (κ2) is 3.95. The van der Waals surface area contributed by atoms with Crippen LogP contribution in [0.1, 0.15) is 43.1 Å². The number of nitrogens with one attached hydrogen (secondary N) is 1. The molecule has 1 N–H and O–H groups in total. The molecule has 0 spiro atoms. The number of nitriles is 1. The highest BCUT2D eigenvalue weighted by Crippen LogP contribution is 2.52. The summed E-state index contributed by atoms with van der Waals surface area (Å²) in [6.45, 7) is 0. The van der Waals surface area contributed by atoms with Crippen LogP contribution in [-0.4, -0.2) is 15.1 Å². The zero-order chi connectivity index (χ0) is 12.8. The SMILES string of the molecule is N#Cc1ccc(-c2nc(C3CC4CCC3C4)no2)[nH]1. The summed E-state index contributed by atoms with van der Waals surface area (Å²) in [4.78, 5) is 7.47. The van der Waals surface area contributed by atoms with Crippen molar-refractivity contribution in [1.29, 1.82) is 5.26 Å².